The molecular weight excluding hydrogens is 369 g/mol. The van der Waals surface area contributed by atoms with Crippen LogP contribution in [0.5, 0.6) is 0 Å². The lowest BCUT2D eigenvalue weighted by atomic mass is 10.2. The van der Waals surface area contributed by atoms with Crippen LogP contribution in [-0.2, 0) is 11.0 Å². The summed E-state index contributed by atoms with van der Waals surface area (Å²) in [5, 5.41) is 3.17. The summed E-state index contributed by atoms with van der Waals surface area (Å²) in [7, 11) is 0. The van der Waals surface area contributed by atoms with Gasteiger partial charge in [0.15, 0.2) is 0 Å². The molecule has 3 nitrogen and oxygen atoms in total. The van der Waals surface area contributed by atoms with Gasteiger partial charge in [0.25, 0.3) is 0 Å². The first-order valence-electron chi connectivity index (χ1n) is 7.47. The number of rotatable bonds is 7. The number of pyridine rings is 1. The first-order chi connectivity index (χ1) is 11.8. The van der Waals surface area contributed by atoms with Gasteiger partial charge in [0, 0.05) is 23.4 Å². The number of aromatic nitrogens is 1. The van der Waals surface area contributed by atoms with Crippen molar-refractivity contribution in [1.29, 1.82) is 0 Å². The van der Waals surface area contributed by atoms with Gasteiger partial charge in [-0.25, -0.2) is 4.98 Å². The molecule has 0 atom stereocenters. The maximum atomic E-state index is 12.4. The minimum atomic E-state index is -4.40. The Hall–Kier alpha value is -1.67. The van der Waals surface area contributed by atoms with Gasteiger partial charge >= 0.3 is 6.18 Å². The van der Waals surface area contributed by atoms with Crippen molar-refractivity contribution in [2.45, 2.75) is 23.0 Å². The van der Waals surface area contributed by atoms with E-state index in [1.807, 2.05) is 31.2 Å². The van der Waals surface area contributed by atoms with Gasteiger partial charge in [-0.2, -0.15) is 13.2 Å². The van der Waals surface area contributed by atoms with E-state index >= 15 is 0 Å². The number of nitrogens with one attached hydrogen (secondary N) is 1. The van der Waals surface area contributed by atoms with E-state index in [0.717, 1.165) is 34.7 Å². The van der Waals surface area contributed by atoms with Crippen molar-refractivity contribution in [2.75, 3.05) is 18.1 Å². The van der Waals surface area contributed by atoms with Crippen molar-refractivity contribution < 1.29 is 18.0 Å². The number of halogens is 3. The van der Waals surface area contributed by atoms with E-state index < -0.39 is 11.7 Å². The van der Waals surface area contributed by atoms with Crippen LogP contribution in [0.3, 0.4) is 0 Å². The van der Waals surface area contributed by atoms with Crippen molar-refractivity contribution in [3.8, 4) is 0 Å². The summed E-state index contributed by atoms with van der Waals surface area (Å²) >= 11 is 2.76. The molecular formula is C17H17F3N2OS2. The number of alkyl halides is 3. The van der Waals surface area contributed by atoms with Crippen LogP contribution in [-0.4, -0.2) is 28.9 Å². The average Bonchev–Trinajstić information content (AvgIpc) is 2.58. The van der Waals surface area contributed by atoms with E-state index in [1.54, 1.807) is 11.8 Å². The number of carbonyl (C=O) groups excluding carboxylic acids is 1. The fraction of sp³-hybridized carbons (Fsp3) is 0.294. The fourth-order valence-electron chi connectivity index (χ4n) is 1.82. The Morgan fingerprint density at radius 2 is 1.84 bits per heavy atom. The van der Waals surface area contributed by atoms with E-state index in [0.29, 0.717) is 11.6 Å². The highest BCUT2D eigenvalue weighted by atomic mass is 32.2. The Labute approximate surface area is 152 Å². The highest BCUT2D eigenvalue weighted by Gasteiger charge is 2.30. The second-order valence-corrected chi connectivity index (χ2v) is 7.35. The topological polar surface area (TPSA) is 42.0 Å². The van der Waals surface area contributed by atoms with Gasteiger partial charge in [0.05, 0.1) is 16.3 Å². The van der Waals surface area contributed by atoms with Gasteiger partial charge in [-0.3, -0.25) is 4.79 Å². The van der Waals surface area contributed by atoms with E-state index in [4.69, 9.17) is 0 Å². The van der Waals surface area contributed by atoms with E-state index in [9.17, 15) is 18.0 Å². The van der Waals surface area contributed by atoms with Crippen LogP contribution in [0.15, 0.2) is 52.5 Å². The maximum Gasteiger partial charge on any atom is 0.417 e. The Morgan fingerprint density at radius 3 is 2.44 bits per heavy atom. The Balaban J connectivity index is 1.66. The van der Waals surface area contributed by atoms with Crippen LogP contribution in [0.2, 0.25) is 0 Å². The first-order valence-corrected chi connectivity index (χ1v) is 9.44. The highest BCUT2D eigenvalue weighted by molar-refractivity contribution is 8.00. The van der Waals surface area contributed by atoms with Crippen molar-refractivity contribution in [2.24, 2.45) is 0 Å². The SMILES string of the molecule is Cc1ccc(SCCNC(=O)CSc2ccc(C(F)(F)F)cn2)cc1. The molecule has 0 fully saturated rings. The molecule has 0 unspecified atom stereocenters. The summed E-state index contributed by atoms with van der Waals surface area (Å²) < 4.78 is 37.3. The molecule has 1 amide bonds. The number of carbonyl (C=O) groups is 1. The van der Waals surface area contributed by atoms with Crippen molar-refractivity contribution in [1.82, 2.24) is 10.3 Å². The van der Waals surface area contributed by atoms with Crippen LogP contribution in [0.25, 0.3) is 0 Å². The molecule has 0 aliphatic rings. The third-order valence-electron chi connectivity index (χ3n) is 3.13. The zero-order chi connectivity index (χ0) is 18.3. The second-order valence-electron chi connectivity index (χ2n) is 5.18. The fourth-order valence-corrected chi connectivity index (χ4v) is 3.26. The number of hydrogen-bond acceptors (Lipinski definition) is 4. The summed E-state index contributed by atoms with van der Waals surface area (Å²) in [5.41, 5.74) is 0.404. The largest absolute Gasteiger partial charge is 0.417 e. The second kappa shape index (κ2) is 9.15. The van der Waals surface area contributed by atoms with Crippen molar-refractivity contribution >= 4 is 29.4 Å². The van der Waals surface area contributed by atoms with E-state index in [2.05, 4.69) is 10.3 Å². The molecule has 0 spiro atoms. The standard InChI is InChI=1S/C17H17F3N2OS2/c1-12-2-5-14(6-3-12)24-9-8-21-15(23)11-25-16-7-4-13(10-22-16)17(18,19)20/h2-7,10H,8-9,11H2,1H3,(H,21,23). The number of benzene rings is 1. The summed E-state index contributed by atoms with van der Waals surface area (Å²) in [6, 6.07) is 10.4. The average molecular weight is 386 g/mol. The summed E-state index contributed by atoms with van der Waals surface area (Å²) in [6.07, 6.45) is -3.62. The van der Waals surface area contributed by atoms with Gasteiger partial charge < -0.3 is 5.32 Å². The lowest BCUT2D eigenvalue weighted by molar-refractivity contribution is -0.137. The summed E-state index contributed by atoms with van der Waals surface area (Å²) in [6.45, 7) is 2.55. The number of amides is 1. The van der Waals surface area contributed by atoms with E-state index in [1.165, 1.54) is 11.6 Å². The smallest absolute Gasteiger partial charge is 0.355 e. The molecule has 0 saturated heterocycles. The molecule has 8 heteroatoms. The molecule has 1 heterocycles. The molecule has 1 N–H and O–H groups in total. The first kappa shape index (κ1) is 19.7. The quantitative estimate of drug-likeness (QED) is 0.565. The molecule has 25 heavy (non-hydrogen) atoms. The maximum absolute atomic E-state index is 12.4. The minimum absolute atomic E-state index is 0.119. The van der Waals surface area contributed by atoms with Crippen LogP contribution >= 0.6 is 23.5 Å². The highest BCUT2D eigenvalue weighted by Crippen LogP contribution is 2.29. The minimum Gasteiger partial charge on any atom is -0.355 e. The van der Waals surface area contributed by atoms with Gasteiger partial charge in [-0.1, -0.05) is 29.5 Å². The van der Waals surface area contributed by atoms with Gasteiger partial charge in [-0.05, 0) is 31.2 Å². The van der Waals surface area contributed by atoms with E-state index in [-0.39, 0.29) is 11.7 Å². The Kier molecular flexibility index (Phi) is 7.19. The van der Waals surface area contributed by atoms with Crippen LogP contribution < -0.4 is 5.32 Å². The zero-order valence-electron chi connectivity index (χ0n) is 13.5. The third-order valence-corrected chi connectivity index (χ3v) is 5.09. The normalized spacial score (nSPS) is 11.4. The predicted molar refractivity (Wildman–Crippen MR) is 94.9 cm³/mol. The predicted octanol–water partition coefficient (Wildman–Crippen LogP) is 4.41. The summed E-state index contributed by atoms with van der Waals surface area (Å²) in [4.78, 5) is 16.6. The van der Waals surface area contributed by atoms with Crippen molar-refractivity contribution in [3.63, 3.8) is 0 Å². The zero-order valence-corrected chi connectivity index (χ0v) is 15.1. The number of hydrogen-bond donors (Lipinski definition) is 1. The number of aryl methyl sites for hydroxylation is 1. The monoisotopic (exact) mass is 386 g/mol. The molecule has 0 radical (unpaired) electrons. The van der Waals surface area contributed by atoms with Crippen LogP contribution in [0.1, 0.15) is 11.1 Å². The lowest BCUT2D eigenvalue weighted by Gasteiger charge is -2.07. The molecule has 0 bridgehead atoms. The summed E-state index contributed by atoms with van der Waals surface area (Å²) in [5.74, 6) is 0.696. The van der Waals surface area contributed by atoms with Gasteiger partial charge in [0.2, 0.25) is 5.91 Å². The Bertz CT molecular complexity index is 689. The Morgan fingerprint density at radius 1 is 1.12 bits per heavy atom. The van der Waals surface area contributed by atoms with Crippen molar-refractivity contribution in [3.05, 3.63) is 53.7 Å². The molecule has 0 aliphatic heterocycles. The molecule has 0 saturated carbocycles. The number of thioether (sulfide) groups is 2. The number of nitrogens with zero attached hydrogens (tertiary/aromatic N) is 1. The van der Waals surface area contributed by atoms with Gasteiger partial charge in [0.1, 0.15) is 0 Å². The molecule has 0 aliphatic carbocycles. The molecule has 2 rings (SSSR count). The third kappa shape index (κ3) is 6.99. The molecule has 2 aromatic rings. The molecule has 1 aromatic carbocycles. The lowest BCUT2D eigenvalue weighted by Crippen LogP contribution is -2.27. The molecule has 134 valence electrons. The van der Waals surface area contributed by atoms with Gasteiger partial charge in [-0.15, -0.1) is 11.8 Å². The molecule has 1 aromatic heterocycles. The van der Waals surface area contributed by atoms with Crippen LogP contribution in [0, 0.1) is 6.92 Å². The van der Waals surface area contributed by atoms with Crippen LogP contribution in [0.4, 0.5) is 13.2 Å².